The highest BCUT2D eigenvalue weighted by Gasteiger charge is 2.38. The molecule has 0 bridgehead atoms. The average molecular weight is 291 g/mol. The van der Waals surface area contributed by atoms with Crippen molar-refractivity contribution in [3.05, 3.63) is 39.9 Å². The summed E-state index contributed by atoms with van der Waals surface area (Å²) in [5.41, 5.74) is 0.806. The van der Waals surface area contributed by atoms with Crippen LogP contribution in [0.5, 0.6) is 0 Å². The fourth-order valence-corrected chi connectivity index (χ4v) is 2.65. The molecule has 1 amide bonds. The molecule has 6 nitrogen and oxygen atoms in total. The number of non-ortho nitro benzene ring substituents is 1. The normalized spacial score (nSPS) is 22.1. The van der Waals surface area contributed by atoms with Gasteiger partial charge in [-0.1, -0.05) is 32.9 Å². The second kappa shape index (κ2) is 6.22. The molecule has 1 aromatic rings. The molecule has 21 heavy (non-hydrogen) atoms. The molecule has 0 aromatic heterocycles. The SMILES string of the molecule is CCC1NC(c2cccc([N+](=O)[O-])c2)N(CC(C)C)C1=O. The third-order valence-electron chi connectivity index (χ3n) is 3.62. The average Bonchev–Trinajstić information content (AvgIpc) is 2.75. The van der Waals surface area contributed by atoms with Gasteiger partial charge < -0.3 is 4.90 Å². The molecule has 0 saturated carbocycles. The van der Waals surface area contributed by atoms with Gasteiger partial charge in [0.2, 0.25) is 5.91 Å². The number of carbonyl (C=O) groups excluding carboxylic acids is 1. The highest BCUT2D eigenvalue weighted by atomic mass is 16.6. The summed E-state index contributed by atoms with van der Waals surface area (Å²) in [5, 5.41) is 14.2. The zero-order chi connectivity index (χ0) is 15.6. The molecule has 2 rings (SSSR count). The van der Waals surface area contributed by atoms with E-state index in [0.29, 0.717) is 18.9 Å². The van der Waals surface area contributed by atoms with Crippen LogP contribution in [0.1, 0.15) is 38.9 Å². The molecule has 114 valence electrons. The maximum absolute atomic E-state index is 12.4. The summed E-state index contributed by atoms with van der Waals surface area (Å²) < 4.78 is 0. The van der Waals surface area contributed by atoms with Crippen LogP contribution >= 0.6 is 0 Å². The van der Waals surface area contributed by atoms with Crippen LogP contribution < -0.4 is 5.32 Å². The molecule has 0 spiro atoms. The van der Waals surface area contributed by atoms with Gasteiger partial charge in [0.05, 0.1) is 11.0 Å². The zero-order valence-corrected chi connectivity index (χ0v) is 12.6. The van der Waals surface area contributed by atoms with E-state index in [1.165, 1.54) is 12.1 Å². The van der Waals surface area contributed by atoms with Gasteiger partial charge in [0.25, 0.3) is 5.69 Å². The number of nitrogens with zero attached hydrogens (tertiary/aromatic N) is 2. The lowest BCUT2D eigenvalue weighted by Crippen LogP contribution is -2.34. The van der Waals surface area contributed by atoms with Crippen LogP contribution in [-0.2, 0) is 4.79 Å². The van der Waals surface area contributed by atoms with Gasteiger partial charge in [0.1, 0.15) is 6.17 Å². The van der Waals surface area contributed by atoms with E-state index in [-0.39, 0.29) is 23.8 Å². The summed E-state index contributed by atoms with van der Waals surface area (Å²) in [6.07, 6.45) is 0.420. The first-order valence-corrected chi connectivity index (χ1v) is 7.25. The van der Waals surface area contributed by atoms with Crippen molar-refractivity contribution in [1.29, 1.82) is 0 Å². The van der Waals surface area contributed by atoms with Crippen LogP contribution in [0.3, 0.4) is 0 Å². The minimum absolute atomic E-state index is 0.0474. The van der Waals surface area contributed by atoms with Gasteiger partial charge in [-0.05, 0) is 17.9 Å². The Morgan fingerprint density at radius 3 is 2.71 bits per heavy atom. The lowest BCUT2D eigenvalue weighted by atomic mass is 10.1. The lowest BCUT2D eigenvalue weighted by Gasteiger charge is -2.26. The van der Waals surface area contributed by atoms with Crippen molar-refractivity contribution in [3.8, 4) is 0 Å². The Balaban J connectivity index is 2.33. The van der Waals surface area contributed by atoms with E-state index in [1.54, 1.807) is 11.0 Å². The summed E-state index contributed by atoms with van der Waals surface area (Å²) in [5.74, 6) is 0.412. The summed E-state index contributed by atoms with van der Waals surface area (Å²) in [4.78, 5) is 24.7. The lowest BCUT2D eigenvalue weighted by molar-refractivity contribution is -0.385. The molecular formula is C15H21N3O3. The monoisotopic (exact) mass is 291 g/mol. The van der Waals surface area contributed by atoms with Crippen LogP contribution in [0.15, 0.2) is 24.3 Å². The first-order chi connectivity index (χ1) is 9.93. The van der Waals surface area contributed by atoms with Crippen LogP contribution in [0.4, 0.5) is 5.69 Å². The van der Waals surface area contributed by atoms with E-state index >= 15 is 0 Å². The van der Waals surface area contributed by atoms with Crippen LogP contribution in [0.25, 0.3) is 0 Å². The van der Waals surface area contributed by atoms with Gasteiger partial charge in [-0.15, -0.1) is 0 Å². The molecule has 2 unspecified atom stereocenters. The number of nitro benzene ring substituents is 1. The number of nitrogens with one attached hydrogen (secondary N) is 1. The highest BCUT2D eigenvalue weighted by Crippen LogP contribution is 2.29. The molecule has 0 aliphatic carbocycles. The molecule has 1 aliphatic heterocycles. The number of carbonyl (C=O) groups is 1. The third kappa shape index (κ3) is 3.21. The van der Waals surface area contributed by atoms with Crippen molar-refractivity contribution in [2.24, 2.45) is 5.92 Å². The molecule has 1 heterocycles. The van der Waals surface area contributed by atoms with Crippen LogP contribution in [0, 0.1) is 16.0 Å². The first-order valence-electron chi connectivity index (χ1n) is 7.25. The van der Waals surface area contributed by atoms with Gasteiger partial charge in [0.15, 0.2) is 0 Å². The Hall–Kier alpha value is -1.95. The van der Waals surface area contributed by atoms with E-state index in [1.807, 2.05) is 13.0 Å². The Morgan fingerprint density at radius 1 is 1.43 bits per heavy atom. The minimum Gasteiger partial charge on any atom is -0.321 e. The summed E-state index contributed by atoms with van der Waals surface area (Å²) >= 11 is 0. The van der Waals surface area contributed by atoms with Crippen LogP contribution in [-0.4, -0.2) is 28.3 Å². The molecule has 2 atom stereocenters. The summed E-state index contributed by atoms with van der Waals surface area (Å²) in [7, 11) is 0. The molecular weight excluding hydrogens is 270 g/mol. The molecule has 1 aliphatic rings. The predicted octanol–water partition coefficient (Wildman–Crippen LogP) is 2.46. The van der Waals surface area contributed by atoms with Crippen molar-refractivity contribution < 1.29 is 9.72 Å². The minimum atomic E-state index is -0.412. The molecule has 1 aromatic carbocycles. The number of rotatable bonds is 5. The summed E-state index contributed by atoms with van der Waals surface area (Å²) in [6.45, 7) is 6.70. The molecule has 1 saturated heterocycles. The van der Waals surface area contributed by atoms with Crippen molar-refractivity contribution in [1.82, 2.24) is 10.2 Å². The van der Waals surface area contributed by atoms with E-state index in [0.717, 1.165) is 5.56 Å². The topological polar surface area (TPSA) is 75.5 Å². The van der Waals surface area contributed by atoms with Crippen molar-refractivity contribution >= 4 is 11.6 Å². The number of hydrogen-bond donors (Lipinski definition) is 1. The zero-order valence-electron chi connectivity index (χ0n) is 12.6. The van der Waals surface area contributed by atoms with Crippen molar-refractivity contribution in [2.75, 3.05) is 6.54 Å². The number of benzene rings is 1. The molecule has 6 heteroatoms. The fraction of sp³-hybridized carbons (Fsp3) is 0.533. The number of hydrogen-bond acceptors (Lipinski definition) is 4. The Bertz CT molecular complexity index is 545. The van der Waals surface area contributed by atoms with Crippen molar-refractivity contribution in [3.63, 3.8) is 0 Å². The van der Waals surface area contributed by atoms with Gasteiger partial charge >= 0.3 is 0 Å². The van der Waals surface area contributed by atoms with Crippen LogP contribution in [0.2, 0.25) is 0 Å². The van der Waals surface area contributed by atoms with Gasteiger partial charge in [-0.3, -0.25) is 20.2 Å². The quantitative estimate of drug-likeness (QED) is 0.668. The number of amides is 1. The standard InChI is InChI=1S/C15H21N3O3/c1-4-13-15(19)17(9-10(2)3)14(16-13)11-6-5-7-12(8-11)18(20)21/h5-8,10,13-14,16H,4,9H2,1-3H3. The Labute approximate surface area is 124 Å². The maximum Gasteiger partial charge on any atom is 0.269 e. The number of nitro groups is 1. The highest BCUT2D eigenvalue weighted by molar-refractivity contribution is 5.84. The molecule has 0 radical (unpaired) electrons. The third-order valence-corrected chi connectivity index (χ3v) is 3.62. The largest absolute Gasteiger partial charge is 0.321 e. The van der Waals surface area contributed by atoms with E-state index < -0.39 is 4.92 Å². The molecule has 1 N–H and O–H groups in total. The van der Waals surface area contributed by atoms with E-state index in [2.05, 4.69) is 19.2 Å². The maximum atomic E-state index is 12.4. The van der Waals surface area contributed by atoms with Crippen molar-refractivity contribution in [2.45, 2.75) is 39.4 Å². The second-order valence-electron chi connectivity index (χ2n) is 5.77. The van der Waals surface area contributed by atoms with E-state index in [9.17, 15) is 14.9 Å². The molecule has 1 fully saturated rings. The van der Waals surface area contributed by atoms with Gasteiger partial charge in [0, 0.05) is 18.7 Å². The van der Waals surface area contributed by atoms with Gasteiger partial charge in [-0.25, -0.2) is 0 Å². The summed E-state index contributed by atoms with van der Waals surface area (Å²) in [6, 6.07) is 6.27. The fourth-order valence-electron chi connectivity index (χ4n) is 2.65. The first kappa shape index (κ1) is 15.4. The van der Waals surface area contributed by atoms with Gasteiger partial charge in [-0.2, -0.15) is 0 Å². The smallest absolute Gasteiger partial charge is 0.269 e. The van der Waals surface area contributed by atoms with E-state index in [4.69, 9.17) is 0 Å². The second-order valence-corrected chi connectivity index (χ2v) is 5.77. The Kier molecular flexibility index (Phi) is 4.57. The Morgan fingerprint density at radius 2 is 2.14 bits per heavy atom. The predicted molar refractivity (Wildman–Crippen MR) is 79.6 cm³/mol.